The number of carbonyl (C=O) groups excluding carboxylic acids is 2. The van der Waals surface area contributed by atoms with Gasteiger partial charge in [-0.25, -0.2) is 9.18 Å². The van der Waals surface area contributed by atoms with Crippen LogP contribution in [-0.4, -0.2) is 39.5 Å². The van der Waals surface area contributed by atoms with Crippen molar-refractivity contribution in [2.75, 3.05) is 23.7 Å². The van der Waals surface area contributed by atoms with Gasteiger partial charge in [-0.1, -0.05) is 16.6 Å². The highest BCUT2D eigenvalue weighted by Crippen LogP contribution is 2.21. The summed E-state index contributed by atoms with van der Waals surface area (Å²) in [5, 5.41) is 9.53. The van der Waals surface area contributed by atoms with Crippen molar-refractivity contribution in [2.24, 2.45) is 5.92 Å². The number of piperidine rings is 1. The number of nitrogens with one attached hydrogen (secondary N) is 2. The average molecular weight is 349 g/mol. The van der Waals surface area contributed by atoms with Crippen molar-refractivity contribution in [3.8, 4) is 0 Å². The lowest BCUT2D eigenvalue weighted by atomic mass is 9.97. The third-order valence-corrected chi connectivity index (χ3v) is 4.38. The smallest absolute Gasteiger partial charge is 0.321 e. The summed E-state index contributed by atoms with van der Waals surface area (Å²) >= 11 is 1.10. The molecule has 9 heteroatoms. The third kappa shape index (κ3) is 3.85. The summed E-state index contributed by atoms with van der Waals surface area (Å²) in [6.45, 7) is 0.824. The molecule has 0 unspecified atom stereocenters. The van der Waals surface area contributed by atoms with Crippen LogP contribution in [0.4, 0.5) is 19.9 Å². The normalized spacial score (nSPS) is 17.4. The van der Waals surface area contributed by atoms with Crippen LogP contribution in [0.25, 0.3) is 0 Å². The van der Waals surface area contributed by atoms with Gasteiger partial charge in [-0.15, -0.1) is 5.10 Å². The molecule has 2 N–H and O–H groups in total. The van der Waals surface area contributed by atoms with Crippen molar-refractivity contribution in [3.63, 3.8) is 0 Å². The van der Waals surface area contributed by atoms with Crippen molar-refractivity contribution in [1.29, 1.82) is 0 Å². The number of nitrogens with zero attached hydrogens (tertiary/aromatic N) is 3. The Morgan fingerprint density at radius 2 is 2.12 bits per heavy atom. The van der Waals surface area contributed by atoms with E-state index in [1.165, 1.54) is 23.2 Å². The number of amides is 3. The molecule has 1 saturated heterocycles. The predicted molar refractivity (Wildman–Crippen MR) is 88.3 cm³/mol. The topological polar surface area (TPSA) is 87.2 Å². The molecule has 1 atom stereocenters. The van der Waals surface area contributed by atoms with Crippen LogP contribution >= 0.6 is 11.5 Å². The van der Waals surface area contributed by atoms with Crippen molar-refractivity contribution < 1.29 is 14.0 Å². The highest BCUT2D eigenvalue weighted by atomic mass is 32.1. The van der Waals surface area contributed by atoms with Crippen molar-refractivity contribution in [3.05, 3.63) is 36.3 Å². The molecule has 2 aromatic rings. The summed E-state index contributed by atoms with van der Waals surface area (Å²) in [5.41, 5.74) is 0.129. The summed E-state index contributed by atoms with van der Waals surface area (Å²) in [5.74, 6) is -0.966. The summed E-state index contributed by atoms with van der Waals surface area (Å²) < 4.78 is 17.3. The van der Waals surface area contributed by atoms with Gasteiger partial charge in [0.15, 0.2) is 0 Å². The number of rotatable bonds is 3. The minimum atomic E-state index is -0.491. The molecule has 0 bridgehead atoms. The molecular weight excluding hydrogens is 333 g/mol. The highest BCUT2D eigenvalue weighted by Gasteiger charge is 2.29. The summed E-state index contributed by atoms with van der Waals surface area (Å²) in [4.78, 5) is 26.1. The molecule has 0 aliphatic carbocycles. The SMILES string of the molecule is O=C(Nc1cnns1)[C@H]1CCCN(C(=O)Nc2ccccc2F)C1. The van der Waals surface area contributed by atoms with Crippen LogP contribution in [0, 0.1) is 11.7 Å². The Balaban J connectivity index is 1.59. The highest BCUT2D eigenvalue weighted by molar-refractivity contribution is 7.10. The minimum absolute atomic E-state index is 0.129. The summed E-state index contributed by atoms with van der Waals surface area (Å²) in [7, 11) is 0. The Hall–Kier alpha value is -2.55. The maximum Gasteiger partial charge on any atom is 0.321 e. The molecule has 7 nitrogen and oxygen atoms in total. The standard InChI is InChI=1S/C15H16FN5O2S/c16-11-5-1-2-6-12(11)18-15(23)21-7-3-4-10(9-21)14(22)19-13-8-17-20-24-13/h1-2,5-6,8,10H,3-4,7,9H2,(H,18,23)(H,19,22)/t10-/m0/s1. The van der Waals surface area contributed by atoms with E-state index in [4.69, 9.17) is 0 Å². The van der Waals surface area contributed by atoms with Crippen LogP contribution in [0.15, 0.2) is 30.5 Å². The van der Waals surface area contributed by atoms with Gasteiger partial charge in [-0.3, -0.25) is 4.79 Å². The fourth-order valence-corrected chi connectivity index (χ4v) is 3.00. The Morgan fingerprint density at radius 1 is 1.29 bits per heavy atom. The lowest BCUT2D eigenvalue weighted by Crippen LogP contribution is -2.45. The maximum absolute atomic E-state index is 13.6. The number of likely N-dealkylation sites (tertiary alicyclic amines) is 1. The molecule has 3 rings (SSSR count). The molecule has 1 aromatic heterocycles. The van der Waals surface area contributed by atoms with Crippen molar-refractivity contribution >= 4 is 34.2 Å². The van der Waals surface area contributed by atoms with Gasteiger partial charge in [0.1, 0.15) is 10.8 Å². The van der Waals surface area contributed by atoms with Crippen LogP contribution in [0.2, 0.25) is 0 Å². The molecule has 0 spiro atoms. The minimum Gasteiger partial charge on any atom is -0.324 e. The fraction of sp³-hybridized carbons (Fsp3) is 0.333. The second kappa shape index (κ2) is 7.35. The van der Waals surface area contributed by atoms with E-state index in [2.05, 4.69) is 20.2 Å². The molecule has 24 heavy (non-hydrogen) atoms. The van der Waals surface area contributed by atoms with Gasteiger partial charge >= 0.3 is 6.03 Å². The Kier molecular flexibility index (Phi) is 4.99. The van der Waals surface area contributed by atoms with Crippen LogP contribution in [0.3, 0.4) is 0 Å². The maximum atomic E-state index is 13.6. The zero-order chi connectivity index (χ0) is 16.9. The summed E-state index contributed by atoms with van der Waals surface area (Å²) in [6, 6.07) is 5.58. The number of hydrogen-bond acceptors (Lipinski definition) is 5. The van der Waals surface area contributed by atoms with Crippen LogP contribution < -0.4 is 10.6 Å². The van der Waals surface area contributed by atoms with E-state index >= 15 is 0 Å². The number of aromatic nitrogens is 2. The van der Waals surface area contributed by atoms with E-state index < -0.39 is 11.8 Å². The molecule has 0 saturated carbocycles. The summed E-state index contributed by atoms with van der Waals surface area (Å²) in [6.07, 6.45) is 2.89. The molecule has 1 aliphatic rings. The van der Waals surface area contributed by atoms with Gasteiger partial charge in [-0.05, 0) is 25.0 Å². The zero-order valence-corrected chi connectivity index (χ0v) is 13.6. The van der Waals surface area contributed by atoms with Gasteiger partial charge in [-0.2, -0.15) is 0 Å². The first-order valence-electron chi connectivity index (χ1n) is 7.52. The van der Waals surface area contributed by atoms with E-state index in [1.54, 1.807) is 12.1 Å². The molecule has 1 fully saturated rings. The monoisotopic (exact) mass is 349 g/mol. The number of carbonyl (C=O) groups is 2. The first-order chi connectivity index (χ1) is 11.6. The van der Waals surface area contributed by atoms with Gasteiger partial charge in [0.2, 0.25) is 5.91 Å². The number of benzene rings is 1. The fourth-order valence-electron chi connectivity index (χ4n) is 2.58. The average Bonchev–Trinajstić information content (AvgIpc) is 3.10. The zero-order valence-electron chi connectivity index (χ0n) is 12.7. The molecule has 1 aliphatic heterocycles. The van der Waals surface area contributed by atoms with E-state index in [0.717, 1.165) is 11.5 Å². The van der Waals surface area contributed by atoms with E-state index in [0.29, 0.717) is 30.9 Å². The quantitative estimate of drug-likeness (QED) is 0.891. The molecule has 126 valence electrons. The van der Waals surface area contributed by atoms with Crippen molar-refractivity contribution in [2.45, 2.75) is 12.8 Å². The number of hydrogen-bond donors (Lipinski definition) is 2. The molecule has 1 aromatic carbocycles. The molecular formula is C15H16FN5O2S. The number of para-hydroxylation sites is 1. The number of anilines is 2. The lowest BCUT2D eigenvalue weighted by molar-refractivity contribution is -0.121. The third-order valence-electron chi connectivity index (χ3n) is 3.80. The predicted octanol–water partition coefficient (Wildman–Crippen LogP) is 2.56. The van der Waals surface area contributed by atoms with Crippen LogP contribution in [0.1, 0.15) is 12.8 Å². The van der Waals surface area contributed by atoms with Crippen molar-refractivity contribution in [1.82, 2.24) is 14.5 Å². The first-order valence-corrected chi connectivity index (χ1v) is 8.29. The Bertz CT molecular complexity index is 724. The van der Waals surface area contributed by atoms with Gasteiger partial charge in [0.05, 0.1) is 17.8 Å². The first kappa shape index (κ1) is 16.3. The largest absolute Gasteiger partial charge is 0.324 e. The lowest BCUT2D eigenvalue weighted by Gasteiger charge is -2.31. The van der Waals surface area contributed by atoms with Crippen LogP contribution in [0.5, 0.6) is 0 Å². The second-order valence-electron chi connectivity index (χ2n) is 5.47. The number of urea groups is 1. The van der Waals surface area contributed by atoms with E-state index in [1.807, 2.05) is 0 Å². The van der Waals surface area contributed by atoms with Gasteiger partial charge < -0.3 is 15.5 Å². The molecule has 2 heterocycles. The van der Waals surface area contributed by atoms with Crippen LogP contribution in [-0.2, 0) is 4.79 Å². The Morgan fingerprint density at radius 3 is 2.88 bits per heavy atom. The Labute approximate surface area is 142 Å². The second-order valence-corrected chi connectivity index (χ2v) is 6.25. The number of halogens is 1. The van der Waals surface area contributed by atoms with E-state index in [9.17, 15) is 14.0 Å². The van der Waals surface area contributed by atoms with E-state index in [-0.39, 0.29) is 17.5 Å². The van der Waals surface area contributed by atoms with Gasteiger partial charge in [0.25, 0.3) is 0 Å². The van der Waals surface area contributed by atoms with Gasteiger partial charge in [0, 0.05) is 24.6 Å². The molecule has 3 amide bonds. The molecule has 0 radical (unpaired) electrons.